The highest BCUT2D eigenvalue weighted by molar-refractivity contribution is 9.10. The highest BCUT2D eigenvalue weighted by Gasteiger charge is 2.30. The maximum atomic E-state index is 12.5. The van der Waals surface area contributed by atoms with Gasteiger partial charge in [-0.05, 0) is 62.3 Å². The number of nitrogens with one attached hydrogen (secondary N) is 1. The molecule has 0 spiro atoms. The lowest BCUT2D eigenvalue weighted by Gasteiger charge is -2.20. The van der Waals surface area contributed by atoms with E-state index in [4.69, 9.17) is 5.11 Å². The van der Waals surface area contributed by atoms with Gasteiger partial charge < -0.3 is 5.11 Å². The molecule has 2 N–H and O–H groups in total. The molecule has 1 fully saturated rings. The monoisotopic (exact) mass is 429 g/mol. The van der Waals surface area contributed by atoms with Crippen molar-refractivity contribution in [2.24, 2.45) is 5.92 Å². The summed E-state index contributed by atoms with van der Waals surface area (Å²) in [5.41, 5.74) is 0. The number of sulfonamides is 1. The van der Waals surface area contributed by atoms with Gasteiger partial charge in [0.25, 0.3) is 0 Å². The molecule has 1 saturated carbocycles. The minimum absolute atomic E-state index is 0.0442. The van der Waals surface area contributed by atoms with Crippen LogP contribution in [0.3, 0.4) is 0 Å². The minimum atomic E-state index is -3.50. The maximum Gasteiger partial charge on any atom is 0.303 e. The summed E-state index contributed by atoms with van der Waals surface area (Å²) in [6, 6.07) is 6.59. The number of hydrogen-bond acceptors (Lipinski definition) is 3. The van der Waals surface area contributed by atoms with Crippen molar-refractivity contribution in [2.45, 2.75) is 55.9 Å². The summed E-state index contributed by atoms with van der Waals surface area (Å²) in [6.45, 7) is 0. The van der Waals surface area contributed by atoms with Crippen LogP contribution in [0.5, 0.6) is 0 Å². The molecule has 1 aromatic carbocycles. The summed E-state index contributed by atoms with van der Waals surface area (Å²) >= 11 is 3.31. The Morgan fingerprint density at radius 3 is 2.64 bits per heavy atom. The van der Waals surface area contributed by atoms with Crippen molar-refractivity contribution in [2.75, 3.05) is 0 Å². The SMILES string of the molecule is O=C(O)CCC/C=C\C[C@H]1CCC[C@@H]1NS(=O)(=O)c1ccc(Br)cc1. The predicted octanol–water partition coefficient (Wildman–Crippen LogP) is 4.10. The van der Waals surface area contributed by atoms with Crippen molar-refractivity contribution in [1.82, 2.24) is 4.72 Å². The van der Waals surface area contributed by atoms with Gasteiger partial charge in [0.15, 0.2) is 0 Å². The lowest BCUT2D eigenvalue weighted by molar-refractivity contribution is -0.137. The largest absolute Gasteiger partial charge is 0.481 e. The third kappa shape index (κ3) is 6.56. The molecule has 7 heteroatoms. The Hall–Kier alpha value is -1.18. The van der Waals surface area contributed by atoms with Crippen LogP contribution in [0.1, 0.15) is 44.9 Å². The fourth-order valence-electron chi connectivity index (χ4n) is 3.12. The van der Waals surface area contributed by atoms with Crippen LogP contribution in [-0.2, 0) is 14.8 Å². The van der Waals surface area contributed by atoms with E-state index in [0.717, 1.165) is 36.6 Å². The molecular weight excluding hydrogens is 406 g/mol. The first-order chi connectivity index (χ1) is 11.9. The normalized spacial score (nSPS) is 21.0. The number of carbonyl (C=O) groups is 1. The second kappa shape index (κ2) is 9.50. The highest BCUT2D eigenvalue weighted by Crippen LogP contribution is 2.30. The van der Waals surface area contributed by atoms with Crippen LogP contribution in [0.25, 0.3) is 0 Å². The first-order valence-corrected chi connectivity index (χ1v) is 10.8. The molecule has 0 amide bonds. The number of hydrogen-bond donors (Lipinski definition) is 2. The van der Waals surface area contributed by atoms with Crippen molar-refractivity contribution in [3.8, 4) is 0 Å². The molecule has 0 bridgehead atoms. The smallest absolute Gasteiger partial charge is 0.303 e. The van der Waals surface area contributed by atoms with E-state index in [-0.39, 0.29) is 17.4 Å². The lowest BCUT2D eigenvalue weighted by Crippen LogP contribution is -2.37. The summed E-state index contributed by atoms with van der Waals surface area (Å²) in [7, 11) is -3.50. The molecule has 25 heavy (non-hydrogen) atoms. The van der Waals surface area contributed by atoms with E-state index in [1.165, 1.54) is 0 Å². The van der Waals surface area contributed by atoms with Gasteiger partial charge in [-0.2, -0.15) is 0 Å². The zero-order valence-corrected chi connectivity index (χ0v) is 16.4. The van der Waals surface area contributed by atoms with Gasteiger partial charge in [0.2, 0.25) is 10.0 Å². The Morgan fingerprint density at radius 1 is 1.24 bits per heavy atom. The quantitative estimate of drug-likeness (QED) is 0.457. The molecule has 2 rings (SSSR count). The number of benzene rings is 1. The van der Waals surface area contributed by atoms with Gasteiger partial charge in [-0.15, -0.1) is 0 Å². The average molecular weight is 430 g/mol. The molecule has 0 unspecified atom stereocenters. The van der Waals surface area contributed by atoms with Crippen molar-refractivity contribution < 1.29 is 18.3 Å². The first kappa shape index (κ1) is 20.1. The first-order valence-electron chi connectivity index (χ1n) is 8.53. The maximum absolute atomic E-state index is 12.5. The molecule has 0 radical (unpaired) electrons. The number of carboxylic acids is 1. The number of rotatable bonds is 9. The van der Waals surface area contributed by atoms with Crippen LogP contribution in [0, 0.1) is 5.92 Å². The Morgan fingerprint density at radius 2 is 1.96 bits per heavy atom. The van der Waals surface area contributed by atoms with Gasteiger partial charge in [-0.25, -0.2) is 13.1 Å². The third-order valence-corrected chi connectivity index (χ3v) is 6.49. The van der Waals surface area contributed by atoms with Crippen LogP contribution >= 0.6 is 15.9 Å². The molecule has 1 aliphatic carbocycles. The fraction of sp³-hybridized carbons (Fsp3) is 0.500. The molecule has 0 saturated heterocycles. The van der Waals surface area contributed by atoms with Gasteiger partial charge in [-0.1, -0.05) is 34.5 Å². The summed E-state index contributed by atoms with van der Waals surface area (Å²) in [5, 5.41) is 8.60. The molecule has 138 valence electrons. The van der Waals surface area contributed by atoms with Crippen molar-refractivity contribution in [1.29, 1.82) is 0 Å². The second-order valence-electron chi connectivity index (χ2n) is 6.37. The number of unbranched alkanes of at least 4 members (excludes halogenated alkanes) is 1. The van der Waals surface area contributed by atoms with Crippen LogP contribution < -0.4 is 4.72 Å². The van der Waals surface area contributed by atoms with Crippen molar-refractivity contribution in [3.05, 3.63) is 40.9 Å². The van der Waals surface area contributed by atoms with Gasteiger partial charge in [0.1, 0.15) is 0 Å². The highest BCUT2D eigenvalue weighted by atomic mass is 79.9. The standard InChI is InChI=1S/C18H24BrNO4S/c19-15-10-12-16(13-11-15)25(23,24)20-17-8-5-7-14(17)6-3-1-2-4-9-18(21)22/h1,3,10-14,17,20H,2,4-9H2,(H,21,22)/b3-1-/t14-,17-/m0/s1. The van der Waals surface area contributed by atoms with E-state index in [1.54, 1.807) is 24.3 Å². The van der Waals surface area contributed by atoms with E-state index in [1.807, 2.05) is 6.08 Å². The Balaban J connectivity index is 1.87. The molecule has 0 aromatic heterocycles. The van der Waals surface area contributed by atoms with Gasteiger partial charge in [-0.3, -0.25) is 4.79 Å². The fourth-order valence-corrected chi connectivity index (χ4v) is 4.72. The van der Waals surface area contributed by atoms with Crippen molar-refractivity contribution >= 4 is 31.9 Å². The number of allylic oxidation sites excluding steroid dienone is 2. The zero-order valence-electron chi connectivity index (χ0n) is 14.0. The van der Waals surface area contributed by atoms with E-state index >= 15 is 0 Å². The van der Waals surface area contributed by atoms with Crippen LogP contribution in [0.2, 0.25) is 0 Å². The van der Waals surface area contributed by atoms with E-state index in [2.05, 4.69) is 26.7 Å². The number of carboxylic acid groups (broad SMARTS) is 1. The Bertz CT molecular complexity index is 700. The molecule has 0 heterocycles. The van der Waals surface area contributed by atoms with Gasteiger partial charge >= 0.3 is 5.97 Å². The zero-order chi connectivity index (χ0) is 18.3. The van der Waals surface area contributed by atoms with E-state index in [0.29, 0.717) is 12.3 Å². The molecule has 2 atom stereocenters. The topological polar surface area (TPSA) is 83.5 Å². The second-order valence-corrected chi connectivity index (χ2v) is 9.00. The number of halogens is 1. The van der Waals surface area contributed by atoms with E-state index < -0.39 is 16.0 Å². The third-order valence-electron chi connectivity index (χ3n) is 4.46. The average Bonchev–Trinajstić information content (AvgIpc) is 2.97. The van der Waals surface area contributed by atoms with Crippen LogP contribution in [0.15, 0.2) is 45.8 Å². The van der Waals surface area contributed by atoms with Gasteiger partial charge in [0, 0.05) is 16.9 Å². The Kier molecular flexibility index (Phi) is 7.65. The minimum Gasteiger partial charge on any atom is -0.481 e. The number of aliphatic carboxylic acids is 1. The summed E-state index contributed by atoms with van der Waals surface area (Å²) in [4.78, 5) is 10.7. The Labute approximate surface area is 157 Å². The lowest BCUT2D eigenvalue weighted by atomic mass is 10.00. The van der Waals surface area contributed by atoms with Crippen LogP contribution in [-0.4, -0.2) is 25.5 Å². The summed E-state index contributed by atoms with van der Waals surface area (Å²) in [6.07, 6.45) is 9.32. The summed E-state index contributed by atoms with van der Waals surface area (Å²) in [5.74, 6) is -0.479. The molecule has 1 aliphatic rings. The molecule has 1 aromatic rings. The molecule has 5 nitrogen and oxygen atoms in total. The van der Waals surface area contributed by atoms with Crippen molar-refractivity contribution in [3.63, 3.8) is 0 Å². The molecule has 0 aliphatic heterocycles. The predicted molar refractivity (Wildman–Crippen MR) is 101 cm³/mol. The molecular formula is C18H24BrNO4S. The van der Waals surface area contributed by atoms with Gasteiger partial charge in [0.05, 0.1) is 4.90 Å². The van der Waals surface area contributed by atoms with E-state index in [9.17, 15) is 13.2 Å². The summed E-state index contributed by atoms with van der Waals surface area (Å²) < 4.78 is 28.7. The van der Waals surface area contributed by atoms with Crippen LogP contribution in [0.4, 0.5) is 0 Å².